The Balaban J connectivity index is 2.13. The highest BCUT2D eigenvalue weighted by molar-refractivity contribution is 7.92. The standard InChI is InChI=1S/C15H20N4O2S/c1-4-12(3)16-14-8-9-15(18-17-14)19-22(20,21)13-7-5-6-11(2)10-13/h5-10,12H,4H2,1-3H3,(H,16,17)(H,18,19). The summed E-state index contributed by atoms with van der Waals surface area (Å²) in [6.45, 7) is 5.94. The van der Waals surface area contributed by atoms with E-state index in [1.54, 1.807) is 30.3 Å². The van der Waals surface area contributed by atoms with Crippen molar-refractivity contribution in [3.8, 4) is 0 Å². The average molecular weight is 320 g/mol. The Morgan fingerprint density at radius 1 is 1.14 bits per heavy atom. The van der Waals surface area contributed by atoms with Gasteiger partial charge >= 0.3 is 0 Å². The lowest BCUT2D eigenvalue weighted by Gasteiger charge is -2.12. The van der Waals surface area contributed by atoms with E-state index in [1.165, 1.54) is 0 Å². The Bertz CT molecular complexity index is 729. The van der Waals surface area contributed by atoms with Crippen LogP contribution >= 0.6 is 0 Å². The third-order valence-electron chi connectivity index (χ3n) is 3.21. The zero-order valence-corrected chi connectivity index (χ0v) is 13.7. The lowest BCUT2D eigenvalue weighted by molar-refractivity contribution is 0.601. The van der Waals surface area contributed by atoms with Gasteiger partial charge in [-0.3, -0.25) is 4.72 Å². The summed E-state index contributed by atoms with van der Waals surface area (Å²) in [5.41, 5.74) is 0.877. The molecule has 0 amide bonds. The number of nitrogens with zero attached hydrogens (tertiary/aromatic N) is 2. The van der Waals surface area contributed by atoms with Gasteiger partial charge in [0.15, 0.2) is 5.82 Å². The van der Waals surface area contributed by atoms with Crippen molar-refractivity contribution in [2.45, 2.75) is 38.1 Å². The van der Waals surface area contributed by atoms with Gasteiger partial charge in [0.25, 0.3) is 10.0 Å². The van der Waals surface area contributed by atoms with Gasteiger partial charge in [0.05, 0.1) is 4.90 Å². The van der Waals surface area contributed by atoms with E-state index in [-0.39, 0.29) is 16.8 Å². The van der Waals surface area contributed by atoms with Crippen LogP contribution < -0.4 is 10.0 Å². The summed E-state index contributed by atoms with van der Waals surface area (Å²) in [4.78, 5) is 0.205. The molecule has 1 aromatic heterocycles. The van der Waals surface area contributed by atoms with Crippen molar-refractivity contribution < 1.29 is 8.42 Å². The minimum absolute atomic E-state index is 0.191. The molecule has 2 N–H and O–H groups in total. The fraction of sp³-hybridized carbons (Fsp3) is 0.333. The van der Waals surface area contributed by atoms with E-state index in [0.717, 1.165) is 12.0 Å². The predicted octanol–water partition coefficient (Wildman–Crippen LogP) is 2.80. The number of benzene rings is 1. The summed E-state index contributed by atoms with van der Waals surface area (Å²) >= 11 is 0. The van der Waals surface area contributed by atoms with E-state index >= 15 is 0 Å². The normalized spacial score (nSPS) is 12.7. The number of aromatic nitrogens is 2. The molecule has 0 radical (unpaired) electrons. The summed E-state index contributed by atoms with van der Waals surface area (Å²) in [7, 11) is -3.65. The molecule has 0 aliphatic carbocycles. The smallest absolute Gasteiger partial charge is 0.263 e. The summed E-state index contributed by atoms with van der Waals surface area (Å²) in [5, 5.41) is 11.0. The SMILES string of the molecule is CCC(C)Nc1ccc(NS(=O)(=O)c2cccc(C)c2)nn1. The van der Waals surface area contributed by atoms with Crippen LogP contribution in [-0.4, -0.2) is 24.7 Å². The second kappa shape index (κ2) is 6.74. The number of anilines is 2. The van der Waals surface area contributed by atoms with Gasteiger partial charge in [-0.15, -0.1) is 10.2 Å². The van der Waals surface area contributed by atoms with Gasteiger partial charge in [0.2, 0.25) is 0 Å². The van der Waals surface area contributed by atoms with Crippen LogP contribution in [0.3, 0.4) is 0 Å². The zero-order valence-electron chi connectivity index (χ0n) is 12.9. The molecule has 2 aromatic rings. The number of hydrogen-bond acceptors (Lipinski definition) is 5. The van der Waals surface area contributed by atoms with Crippen LogP contribution in [0.15, 0.2) is 41.3 Å². The molecule has 0 aliphatic heterocycles. The minimum Gasteiger partial charge on any atom is -0.366 e. The third kappa shape index (κ3) is 4.17. The molecule has 0 aliphatic rings. The first kappa shape index (κ1) is 16.2. The van der Waals surface area contributed by atoms with Crippen molar-refractivity contribution in [2.24, 2.45) is 0 Å². The summed E-state index contributed by atoms with van der Waals surface area (Å²) in [6.07, 6.45) is 0.962. The first-order valence-corrected chi connectivity index (χ1v) is 8.59. The van der Waals surface area contributed by atoms with Crippen molar-refractivity contribution in [1.29, 1.82) is 0 Å². The number of sulfonamides is 1. The van der Waals surface area contributed by atoms with Crippen LogP contribution in [0.5, 0.6) is 0 Å². The monoisotopic (exact) mass is 320 g/mol. The number of hydrogen-bond donors (Lipinski definition) is 2. The summed E-state index contributed by atoms with van der Waals surface area (Å²) in [6, 6.07) is 10.3. The van der Waals surface area contributed by atoms with Gasteiger partial charge in [0.1, 0.15) is 5.82 Å². The highest BCUT2D eigenvalue weighted by Gasteiger charge is 2.15. The Labute approximate surface area is 131 Å². The van der Waals surface area contributed by atoms with Gasteiger partial charge < -0.3 is 5.32 Å². The molecule has 1 heterocycles. The molecule has 1 aromatic carbocycles. The summed E-state index contributed by atoms with van der Waals surface area (Å²) in [5.74, 6) is 0.809. The Kier molecular flexibility index (Phi) is 4.97. The molecule has 0 saturated carbocycles. The second-order valence-electron chi connectivity index (χ2n) is 5.18. The molecule has 0 bridgehead atoms. The van der Waals surface area contributed by atoms with Gasteiger partial charge in [-0.25, -0.2) is 8.42 Å². The largest absolute Gasteiger partial charge is 0.366 e. The van der Waals surface area contributed by atoms with E-state index in [0.29, 0.717) is 5.82 Å². The number of aryl methyl sites for hydroxylation is 1. The Morgan fingerprint density at radius 2 is 1.82 bits per heavy atom. The van der Waals surface area contributed by atoms with Crippen molar-refractivity contribution in [3.63, 3.8) is 0 Å². The molecule has 22 heavy (non-hydrogen) atoms. The van der Waals surface area contributed by atoms with E-state index in [1.807, 2.05) is 19.9 Å². The quantitative estimate of drug-likeness (QED) is 0.855. The van der Waals surface area contributed by atoms with Crippen molar-refractivity contribution >= 4 is 21.7 Å². The molecular weight excluding hydrogens is 300 g/mol. The predicted molar refractivity (Wildman–Crippen MR) is 87.4 cm³/mol. The maximum atomic E-state index is 12.3. The Morgan fingerprint density at radius 3 is 2.41 bits per heavy atom. The van der Waals surface area contributed by atoms with Crippen LogP contribution in [0.25, 0.3) is 0 Å². The lowest BCUT2D eigenvalue weighted by Crippen LogP contribution is -2.17. The van der Waals surface area contributed by atoms with E-state index in [9.17, 15) is 8.42 Å². The molecule has 0 fully saturated rings. The number of rotatable bonds is 6. The van der Waals surface area contributed by atoms with E-state index < -0.39 is 10.0 Å². The highest BCUT2D eigenvalue weighted by Crippen LogP contribution is 2.16. The van der Waals surface area contributed by atoms with Gasteiger partial charge in [-0.2, -0.15) is 0 Å². The molecule has 6 nitrogen and oxygen atoms in total. The first-order valence-electron chi connectivity index (χ1n) is 7.10. The lowest BCUT2D eigenvalue weighted by atomic mass is 10.2. The molecule has 2 rings (SSSR count). The van der Waals surface area contributed by atoms with Gasteiger partial charge in [-0.05, 0) is 50.1 Å². The van der Waals surface area contributed by atoms with Crippen molar-refractivity contribution in [2.75, 3.05) is 10.0 Å². The van der Waals surface area contributed by atoms with Crippen LogP contribution in [0.4, 0.5) is 11.6 Å². The fourth-order valence-electron chi connectivity index (χ4n) is 1.80. The molecule has 1 unspecified atom stereocenters. The molecule has 0 saturated heterocycles. The van der Waals surface area contributed by atoms with Crippen molar-refractivity contribution in [3.05, 3.63) is 42.0 Å². The Hall–Kier alpha value is -2.15. The number of nitrogens with one attached hydrogen (secondary N) is 2. The molecule has 1 atom stereocenters. The maximum absolute atomic E-state index is 12.3. The second-order valence-corrected chi connectivity index (χ2v) is 6.86. The topological polar surface area (TPSA) is 84.0 Å². The van der Waals surface area contributed by atoms with Crippen LogP contribution in [0.1, 0.15) is 25.8 Å². The van der Waals surface area contributed by atoms with Crippen molar-refractivity contribution in [1.82, 2.24) is 10.2 Å². The third-order valence-corrected chi connectivity index (χ3v) is 4.56. The van der Waals surface area contributed by atoms with E-state index in [2.05, 4.69) is 27.2 Å². The van der Waals surface area contributed by atoms with Gasteiger partial charge in [0, 0.05) is 6.04 Å². The van der Waals surface area contributed by atoms with Gasteiger partial charge in [-0.1, -0.05) is 19.1 Å². The molecule has 0 spiro atoms. The fourth-order valence-corrected chi connectivity index (χ4v) is 2.90. The zero-order chi connectivity index (χ0) is 16.2. The summed E-state index contributed by atoms with van der Waals surface area (Å²) < 4.78 is 27.0. The highest BCUT2D eigenvalue weighted by atomic mass is 32.2. The maximum Gasteiger partial charge on any atom is 0.263 e. The molecule has 7 heteroatoms. The minimum atomic E-state index is -3.65. The van der Waals surface area contributed by atoms with Crippen LogP contribution in [0, 0.1) is 6.92 Å². The first-order chi connectivity index (χ1) is 10.4. The van der Waals surface area contributed by atoms with Crippen LogP contribution in [0.2, 0.25) is 0 Å². The average Bonchev–Trinajstić information content (AvgIpc) is 2.49. The molecule has 118 valence electrons. The molecular formula is C15H20N4O2S. The van der Waals surface area contributed by atoms with Crippen LogP contribution in [-0.2, 0) is 10.0 Å². The van der Waals surface area contributed by atoms with E-state index in [4.69, 9.17) is 0 Å².